The van der Waals surface area contributed by atoms with Gasteiger partial charge in [-0.05, 0) is 47.5 Å². The highest BCUT2D eigenvalue weighted by Crippen LogP contribution is 2.44. The van der Waals surface area contributed by atoms with Gasteiger partial charge in [0.2, 0.25) is 0 Å². The molecule has 4 aromatic heterocycles. The van der Waals surface area contributed by atoms with Crippen LogP contribution < -0.4 is 76.5 Å². The molecule has 12 rings (SSSR count). The first kappa shape index (κ1) is 45.6. The predicted molar refractivity (Wildman–Crippen MR) is 351 cm³/mol. The van der Waals surface area contributed by atoms with E-state index in [2.05, 4.69) is 211 Å². The quantitative estimate of drug-likeness (QED) is 0.161. The lowest BCUT2D eigenvalue weighted by Crippen LogP contribution is -2.57. The lowest BCUT2D eigenvalue weighted by atomic mass is 9.56. The third-order valence-electron chi connectivity index (χ3n) is 17.1. The van der Waals surface area contributed by atoms with Crippen molar-refractivity contribution in [2.45, 2.75) is 0 Å². The molecule has 12 aromatic rings. The van der Waals surface area contributed by atoms with Gasteiger partial charge < -0.3 is 8.98 Å². The van der Waals surface area contributed by atoms with Crippen molar-refractivity contribution < 1.29 is 4.42 Å². The Morgan fingerprint density at radius 1 is 0.380 bits per heavy atom. The molecule has 5 nitrogen and oxygen atoms in total. The van der Waals surface area contributed by atoms with Crippen molar-refractivity contribution in [3.8, 4) is 51.0 Å². The van der Waals surface area contributed by atoms with Crippen LogP contribution in [0.4, 0.5) is 0 Å². The number of rotatable bonds is 5. The van der Waals surface area contributed by atoms with Crippen LogP contribution in [0.2, 0.25) is 0 Å². The smallest absolute Gasteiger partial charge is 0.164 e. The number of hydrogen-bond acceptors (Lipinski definition) is 5. The first-order valence-corrected chi connectivity index (χ1v) is 25.7. The molecule has 0 saturated carbocycles. The molecular weight excluding hydrogens is 868 g/mol. The van der Waals surface area contributed by atoms with Gasteiger partial charge in [0, 0.05) is 58.4 Å². The summed E-state index contributed by atoms with van der Waals surface area (Å²) < 4.78 is 12.1. The van der Waals surface area contributed by atoms with Crippen molar-refractivity contribution in [1.82, 2.24) is 19.5 Å². The number of benzene rings is 8. The van der Waals surface area contributed by atoms with Crippen LogP contribution in [0, 0.1) is 0 Å². The molecule has 0 radical (unpaired) electrons. The number of nitrogens with zero attached hydrogens (tertiary/aromatic N) is 4. The molecule has 0 saturated heterocycles. The van der Waals surface area contributed by atoms with Gasteiger partial charge in [0.05, 0.1) is 16.7 Å². The topological polar surface area (TPSA) is 56.7 Å². The zero-order chi connectivity index (χ0) is 49.6. The molecular formula is C51H44B14N4OS. The summed E-state index contributed by atoms with van der Waals surface area (Å²) in [4.78, 5) is 16.4. The van der Waals surface area contributed by atoms with Crippen molar-refractivity contribution in [3.63, 3.8) is 0 Å². The fraction of sp³-hybridized carbons (Fsp3) is 0. The molecule has 0 aliphatic carbocycles. The standard InChI is InChI=1S/C51H44B14N4OS/c52-33-29(30-35(54)41(60)45(64)42(61)36(30)55)34(53)38(57)31(37(33)56)50-66-49(67-51(68-50)32-39(58)43(62)46(65)44(63)40(32)59)17-12-13-18-20-8-5-10-25(47(20)70-26(18)16-17)69-23-9-3-1-7-22(23)28-24(69)15-14-21-19-6-2-4-11-27(19)71-48(21)28/h1-16H,52-65H2. The Balaban J connectivity index is 1.07. The Morgan fingerprint density at radius 3 is 1.48 bits per heavy atom. The van der Waals surface area contributed by atoms with Gasteiger partial charge in [-0.2, -0.15) is 0 Å². The molecule has 0 atom stereocenters. The van der Waals surface area contributed by atoms with Crippen LogP contribution in [-0.4, -0.2) is 129 Å². The molecule has 0 bridgehead atoms. The fourth-order valence-electron chi connectivity index (χ4n) is 12.1. The Kier molecular flexibility index (Phi) is 10.6. The van der Waals surface area contributed by atoms with E-state index in [1.807, 2.05) is 11.3 Å². The van der Waals surface area contributed by atoms with E-state index >= 15 is 0 Å². The number of aromatic nitrogens is 4. The van der Waals surface area contributed by atoms with E-state index in [9.17, 15) is 0 Å². The predicted octanol–water partition coefficient (Wildman–Crippen LogP) is -10.5. The van der Waals surface area contributed by atoms with E-state index in [1.54, 1.807) is 0 Å². The van der Waals surface area contributed by atoms with Crippen LogP contribution in [0.15, 0.2) is 101 Å². The summed E-state index contributed by atoms with van der Waals surface area (Å²) in [5.74, 6) is 1.99. The third kappa shape index (κ3) is 6.55. The van der Waals surface area contributed by atoms with Crippen molar-refractivity contribution in [2.75, 3.05) is 0 Å². The van der Waals surface area contributed by atoms with Crippen molar-refractivity contribution in [1.29, 1.82) is 0 Å². The lowest BCUT2D eigenvalue weighted by Gasteiger charge is -2.27. The lowest BCUT2D eigenvalue weighted by molar-refractivity contribution is 0.666. The van der Waals surface area contributed by atoms with E-state index in [1.165, 1.54) is 119 Å². The van der Waals surface area contributed by atoms with E-state index in [0.717, 1.165) is 55.3 Å². The average Bonchev–Trinajstić information content (AvgIpc) is 4.06. The Labute approximate surface area is 430 Å². The van der Waals surface area contributed by atoms with Crippen molar-refractivity contribution in [2.24, 2.45) is 0 Å². The van der Waals surface area contributed by atoms with Crippen LogP contribution in [0.5, 0.6) is 0 Å². The number of thiophene rings is 1. The highest BCUT2D eigenvalue weighted by molar-refractivity contribution is 7.26. The van der Waals surface area contributed by atoms with Gasteiger partial charge in [0.25, 0.3) is 0 Å². The van der Waals surface area contributed by atoms with Crippen LogP contribution in [0.1, 0.15) is 0 Å². The van der Waals surface area contributed by atoms with Gasteiger partial charge in [-0.25, -0.2) is 15.0 Å². The third-order valence-corrected chi connectivity index (χ3v) is 18.3. The highest BCUT2D eigenvalue weighted by atomic mass is 32.1. The summed E-state index contributed by atoms with van der Waals surface area (Å²) in [7, 11) is 31.5. The largest absolute Gasteiger partial charge is 0.454 e. The second kappa shape index (κ2) is 16.5. The first-order chi connectivity index (χ1) is 34.1. The minimum Gasteiger partial charge on any atom is -0.454 e. The normalized spacial score (nSPS) is 11.9. The van der Waals surface area contributed by atoms with E-state index in [-0.39, 0.29) is 0 Å². The molecule has 322 valence electrons. The van der Waals surface area contributed by atoms with Crippen LogP contribution in [-0.2, 0) is 0 Å². The average molecular weight is 912 g/mol. The minimum atomic E-state index is 0.617. The zero-order valence-corrected chi connectivity index (χ0v) is 44.2. The SMILES string of the molecule is Bc1c(B)c(B)c(-c2nc(-c3ccc4c(c3)oc3c(-n5c6ccccc6c6c7sc8ccccc8c7ccc65)cccc34)nc(-c3c(B)c(B)c(-c4c(B)c(B)c(B)c(B)c4B)c(B)c3B)n2)c(B)c1B. The molecule has 0 aliphatic rings. The van der Waals surface area contributed by atoms with E-state index in [0.29, 0.717) is 17.5 Å². The summed E-state index contributed by atoms with van der Waals surface area (Å²) in [6.45, 7) is 0. The number of para-hydroxylation sites is 2. The Hall–Kier alpha value is -6.50. The van der Waals surface area contributed by atoms with Gasteiger partial charge in [0.15, 0.2) is 23.1 Å². The van der Waals surface area contributed by atoms with Gasteiger partial charge in [0.1, 0.15) is 115 Å². The summed E-state index contributed by atoms with van der Waals surface area (Å²) >= 11 is 1.88. The highest BCUT2D eigenvalue weighted by Gasteiger charge is 2.26. The minimum absolute atomic E-state index is 0.617. The molecule has 0 unspecified atom stereocenters. The number of fused-ring (bicyclic) bond motifs is 10. The molecule has 0 amide bonds. The van der Waals surface area contributed by atoms with Crippen LogP contribution in [0.25, 0.3) is 115 Å². The van der Waals surface area contributed by atoms with Gasteiger partial charge >= 0.3 is 0 Å². The number of furan rings is 1. The van der Waals surface area contributed by atoms with Crippen molar-refractivity contribution in [3.05, 3.63) is 97.1 Å². The maximum atomic E-state index is 7.09. The molecule has 4 heterocycles. The molecule has 0 aliphatic heterocycles. The maximum Gasteiger partial charge on any atom is 0.164 e. The van der Waals surface area contributed by atoms with Crippen molar-refractivity contribution >= 4 is 262 Å². The second-order valence-electron chi connectivity index (χ2n) is 20.3. The molecule has 8 aromatic carbocycles. The van der Waals surface area contributed by atoms with E-state index < -0.39 is 0 Å². The zero-order valence-electron chi connectivity index (χ0n) is 43.3. The summed E-state index contributed by atoms with van der Waals surface area (Å²) in [5, 5.41) is 7.21. The first-order valence-electron chi connectivity index (χ1n) is 24.9. The molecule has 71 heavy (non-hydrogen) atoms. The van der Waals surface area contributed by atoms with E-state index in [4.69, 9.17) is 19.4 Å². The van der Waals surface area contributed by atoms with Crippen LogP contribution in [0.3, 0.4) is 0 Å². The summed E-state index contributed by atoms with van der Waals surface area (Å²) in [5.41, 5.74) is 28.5. The molecule has 0 fully saturated rings. The summed E-state index contributed by atoms with van der Waals surface area (Å²) in [6, 6.07) is 35.1. The molecule has 0 spiro atoms. The monoisotopic (exact) mass is 914 g/mol. The van der Waals surface area contributed by atoms with Gasteiger partial charge in [-0.1, -0.05) is 104 Å². The molecule has 20 heteroatoms. The van der Waals surface area contributed by atoms with Gasteiger partial charge in [-0.3, -0.25) is 0 Å². The Morgan fingerprint density at radius 2 is 0.859 bits per heavy atom. The van der Waals surface area contributed by atoms with Gasteiger partial charge in [-0.15, -0.1) is 44.1 Å². The maximum absolute atomic E-state index is 7.09. The Bertz CT molecular complexity index is 4290. The number of hydrogen-bond donors (Lipinski definition) is 0. The summed E-state index contributed by atoms with van der Waals surface area (Å²) in [6.07, 6.45) is 0. The fourth-order valence-corrected chi connectivity index (χ4v) is 13.3. The second-order valence-corrected chi connectivity index (χ2v) is 21.4. The van der Waals surface area contributed by atoms with Crippen LogP contribution >= 0.6 is 11.3 Å². The molecule has 0 N–H and O–H groups in total.